The van der Waals surface area contributed by atoms with Crippen molar-refractivity contribution in [2.45, 2.75) is 31.4 Å². The quantitative estimate of drug-likeness (QED) is 0.729. The van der Waals surface area contributed by atoms with E-state index in [9.17, 15) is 8.42 Å². The minimum absolute atomic E-state index is 0.265. The third-order valence-corrected chi connectivity index (χ3v) is 5.39. The molecule has 0 radical (unpaired) electrons. The topological polar surface area (TPSA) is 72.6 Å². The predicted molar refractivity (Wildman–Crippen MR) is 63.7 cm³/mol. The van der Waals surface area contributed by atoms with E-state index < -0.39 is 10.0 Å². The number of rotatable bonds is 6. The molecule has 1 saturated heterocycles. The summed E-state index contributed by atoms with van der Waals surface area (Å²) in [5, 5.41) is -0.265. The van der Waals surface area contributed by atoms with Crippen molar-refractivity contribution in [2.75, 3.05) is 32.8 Å². The molecule has 5 nitrogen and oxygen atoms in total. The molecule has 96 valence electrons. The van der Waals surface area contributed by atoms with Crippen LogP contribution in [0.1, 0.15) is 26.2 Å². The van der Waals surface area contributed by atoms with Crippen LogP contribution in [0.15, 0.2) is 0 Å². The van der Waals surface area contributed by atoms with Crippen LogP contribution in [0.25, 0.3) is 0 Å². The molecule has 1 rings (SSSR count). The van der Waals surface area contributed by atoms with Crippen LogP contribution in [0.2, 0.25) is 0 Å². The van der Waals surface area contributed by atoms with Crippen LogP contribution < -0.4 is 5.73 Å². The summed E-state index contributed by atoms with van der Waals surface area (Å²) in [7, 11) is -3.15. The molecule has 6 heteroatoms. The highest BCUT2D eigenvalue weighted by Crippen LogP contribution is 2.19. The van der Waals surface area contributed by atoms with Crippen LogP contribution in [0, 0.1) is 0 Å². The Balaban J connectivity index is 2.64. The second-order valence-corrected chi connectivity index (χ2v) is 6.20. The van der Waals surface area contributed by atoms with E-state index >= 15 is 0 Å². The van der Waals surface area contributed by atoms with E-state index in [0.29, 0.717) is 45.7 Å². The van der Waals surface area contributed by atoms with Gasteiger partial charge in [-0.2, -0.15) is 0 Å². The average Bonchev–Trinajstić information content (AvgIpc) is 2.31. The molecule has 1 aliphatic rings. The first-order valence-corrected chi connectivity index (χ1v) is 7.40. The summed E-state index contributed by atoms with van der Waals surface area (Å²) < 4.78 is 31.2. The minimum Gasteiger partial charge on any atom is -0.381 e. The average molecular weight is 250 g/mol. The van der Waals surface area contributed by atoms with Crippen LogP contribution in [-0.4, -0.2) is 50.8 Å². The van der Waals surface area contributed by atoms with Crippen molar-refractivity contribution in [3.05, 3.63) is 0 Å². The highest BCUT2D eigenvalue weighted by Gasteiger charge is 2.32. The van der Waals surface area contributed by atoms with Gasteiger partial charge in [-0.15, -0.1) is 0 Å². The molecule has 1 aliphatic heterocycles. The Morgan fingerprint density at radius 3 is 2.50 bits per heavy atom. The highest BCUT2D eigenvalue weighted by atomic mass is 32.2. The Morgan fingerprint density at radius 2 is 2.00 bits per heavy atom. The normalized spacial score (nSPS) is 19.2. The summed E-state index contributed by atoms with van der Waals surface area (Å²) in [6.07, 6.45) is 1.94. The molecule has 16 heavy (non-hydrogen) atoms. The molecule has 0 aromatic carbocycles. The second kappa shape index (κ2) is 6.54. The molecular weight excluding hydrogens is 228 g/mol. The number of ether oxygens (including phenoxy) is 1. The van der Waals surface area contributed by atoms with Gasteiger partial charge in [-0.3, -0.25) is 0 Å². The van der Waals surface area contributed by atoms with Crippen LogP contribution in [0.5, 0.6) is 0 Å². The first-order chi connectivity index (χ1) is 7.62. The Hall–Kier alpha value is -0.170. The maximum absolute atomic E-state index is 12.3. The van der Waals surface area contributed by atoms with E-state index in [4.69, 9.17) is 10.5 Å². The number of hydrogen-bond acceptors (Lipinski definition) is 4. The lowest BCUT2D eigenvalue weighted by atomic mass is 10.2. The van der Waals surface area contributed by atoms with Crippen LogP contribution in [-0.2, 0) is 14.8 Å². The van der Waals surface area contributed by atoms with Gasteiger partial charge in [-0.05, 0) is 25.8 Å². The zero-order valence-electron chi connectivity index (χ0n) is 9.89. The lowest BCUT2D eigenvalue weighted by Crippen LogP contribution is -2.42. The molecule has 0 saturated carbocycles. The minimum atomic E-state index is -3.15. The van der Waals surface area contributed by atoms with Crippen molar-refractivity contribution in [2.24, 2.45) is 5.73 Å². The fraction of sp³-hybridized carbons (Fsp3) is 1.00. The van der Waals surface area contributed by atoms with E-state index in [1.165, 1.54) is 0 Å². The van der Waals surface area contributed by atoms with Crippen molar-refractivity contribution < 1.29 is 13.2 Å². The van der Waals surface area contributed by atoms with E-state index in [1.807, 2.05) is 6.92 Å². The summed E-state index contributed by atoms with van der Waals surface area (Å²) in [5.74, 6) is 0. The van der Waals surface area contributed by atoms with Gasteiger partial charge in [0.1, 0.15) is 0 Å². The monoisotopic (exact) mass is 250 g/mol. The Morgan fingerprint density at radius 1 is 1.38 bits per heavy atom. The van der Waals surface area contributed by atoms with Gasteiger partial charge in [0.05, 0.1) is 5.25 Å². The van der Waals surface area contributed by atoms with E-state index in [1.54, 1.807) is 4.31 Å². The van der Waals surface area contributed by atoms with Gasteiger partial charge in [-0.25, -0.2) is 12.7 Å². The number of nitrogens with two attached hydrogens (primary N) is 1. The fourth-order valence-corrected chi connectivity index (χ4v) is 3.87. The molecule has 0 spiro atoms. The maximum Gasteiger partial charge on any atom is 0.217 e. The number of nitrogens with zero attached hydrogens (tertiary/aromatic N) is 1. The highest BCUT2D eigenvalue weighted by molar-refractivity contribution is 7.89. The zero-order valence-corrected chi connectivity index (χ0v) is 10.7. The van der Waals surface area contributed by atoms with Crippen molar-refractivity contribution >= 4 is 10.0 Å². The van der Waals surface area contributed by atoms with Crippen molar-refractivity contribution in [3.63, 3.8) is 0 Å². The Kier molecular flexibility index (Phi) is 5.68. The molecule has 0 unspecified atom stereocenters. The summed E-state index contributed by atoms with van der Waals surface area (Å²) in [5.41, 5.74) is 5.41. The van der Waals surface area contributed by atoms with Crippen molar-refractivity contribution in [1.82, 2.24) is 4.31 Å². The predicted octanol–water partition coefficient (Wildman–Crippen LogP) is 0.166. The van der Waals surface area contributed by atoms with E-state index in [-0.39, 0.29) is 5.25 Å². The number of sulfonamides is 1. The smallest absolute Gasteiger partial charge is 0.217 e. The molecule has 0 atom stereocenters. The standard InChI is InChI=1S/C10H22N2O3S/c1-2-12(7-3-6-11)16(13,14)10-4-8-15-9-5-10/h10H,2-9,11H2,1H3. The molecule has 0 aromatic heterocycles. The summed E-state index contributed by atoms with van der Waals surface area (Å²) >= 11 is 0. The SMILES string of the molecule is CCN(CCCN)S(=O)(=O)C1CCOCC1. The van der Waals surface area contributed by atoms with Crippen molar-refractivity contribution in [1.29, 1.82) is 0 Å². The molecule has 0 bridgehead atoms. The molecule has 0 aliphatic carbocycles. The van der Waals surface area contributed by atoms with Crippen LogP contribution >= 0.6 is 0 Å². The molecule has 2 N–H and O–H groups in total. The van der Waals surface area contributed by atoms with Gasteiger partial charge >= 0.3 is 0 Å². The van der Waals surface area contributed by atoms with Gasteiger partial charge in [0.25, 0.3) is 0 Å². The lowest BCUT2D eigenvalue weighted by molar-refractivity contribution is 0.0972. The summed E-state index contributed by atoms with van der Waals surface area (Å²) in [6, 6.07) is 0. The maximum atomic E-state index is 12.3. The fourth-order valence-electron chi connectivity index (χ4n) is 1.92. The van der Waals surface area contributed by atoms with Gasteiger partial charge in [-0.1, -0.05) is 6.92 Å². The first kappa shape index (κ1) is 13.9. The number of hydrogen-bond donors (Lipinski definition) is 1. The van der Waals surface area contributed by atoms with E-state index in [2.05, 4.69) is 0 Å². The van der Waals surface area contributed by atoms with E-state index in [0.717, 1.165) is 6.42 Å². The van der Waals surface area contributed by atoms with Crippen LogP contribution in [0.4, 0.5) is 0 Å². The largest absolute Gasteiger partial charge is 0.381 e. The third kappa shape index (κ3) is 3.41. The molecule has 0 amide bonds. The summed E-state index contributed by atoms with van der Waals surface area (Å²) in [6.45, 7) is 4.57. The lowest BCUT2D eigenvalue weighted by Gasteiger charge is -2.28. The molecular formula is C10H22N2O3S. The molecule has 1 heterocycles. The van der Waals surface area contributed by atoms with Gasteiger partial charge in [0.15, 0.2) is 0 Å². The Bertz CT molecular complexity index is 286. The van der Waals surface area contributed by atoms with Crippen molar-refractivity contribution in [3.8, 4) is 0 Å². The van der Waals surface area contributed by atoms with Gasteiger partial charge in [0.2, 0.25) is 10.0 Å². The van der Waals surface area contributed by atoms with Gasteiger partial charge in [0, 0.05) is 26.3 Å². The molecule has 0 aromatic rings. The van der Waals surface area contributed by atoms with Crippen LogP contribution in [0.3, 0.4) is 0 Å². The second-order valence-electron chi connectivity index (χ2n) is 3.99. The van der Waals surface area contributed by atoms with Gasteiger partial charge < -0.3 is 10.5 Å². The zero-order chi connectivity index (χ0) is 12.0. The Labute approximate surface area is 98.0 Å². The molecule has 1 fully saturated rings. The first-order valence-electron chi connectivity index (χ1n) is 5.89. The summed E-state index contributed by atoms with van der Waals surface area (Å²) in [4.78, 5) is 0. The third-order valence-electron chi connectivity index (χ3n) is 2.91.